The molecule has 62 valence electrons. The molecule has 0 spiro atoms. The monoisotopic (exact) mass is 164 g/mol. The molecule has 0 amide bonds. The van der Waals surface area contributed by atoms with Crippen LogP contribution >= 0.6 is 0 Å². The molecule has 2 N–H and O–H groups in total. The van der Waals surface area contributed by atoms with E-state index in [1.165, 1.54) is 18.7 Å². The van der Waals surface area contributed by atoms with E-state index in [-0.39, 0.29) is 5.56 Å². The van der Waals surface area contributed by atoms with E-state index in [0.717, 1.165) is 0 Å². The lowest BCUT2D eigenvalue weighted by Gasteiger charge is -1.73. The minimum Gasteiger partial charge on any atom is -0.329 e. The summed E-state index contributed by atoms with van der Waals surface area (Å²) in [5.74, 6) is 0. The number of rotatable bonds is 0. The summed E-state index contributed by atoms with van der Waals surface area (Å²) in [6, 6.07) is 4.93. The van der Waals surface area contributed by atoms with Crippen molar-refractivity contribution in [3.63, 3.8) is 0 Å². The number of hydrogen-bond acceptors (Lipinski definition) is 3. The third kappa shape index (κ3) is 3.31. The normalized spacial score (nSPS) is 8.33. The lowest BCUT2D eigenvalue weighted by atomic mass is 10.5. The van der Waals surface area contributed by atoms with E-state index < -0.39 is 0 Å². The summed E-state index contributed by atoms with van der Waals surface area (Å²) in [7, 11) is 0. The quantitative estimate of drug-likeness (QED) is 0.583. The minimum absolute atomic E-state index is 0.0532. The molecule has 0 bridgehead atoms. The average Bonchev–Trinajstić information content (AvgIpc) is 2.62. The first-order chi connectivity index (χ1) is 5.89. The van der Waals surface area contributed by atoms with E-state index in [2.05, 4.69) is 20.2 Å². The van der Waals surface area contributed by atoms with Crippen molar-refractivity contribution in [2.75, 3.05) is 0 Å². The molecular weight excluding hydrogens is 156 g/mol. The van der Waals surface area contributed by atoms with Gasteiger partial charge in [-0.25, -0.2) is 4.98 Å². The van der Waals surface area contributed by atoms with Crippen molar-refractivity contribution >= 4 is 0 Å². The maximum atomic E-state index is 10.2. The Kier molecular flexibility index (Phi) is 3.30. The topological polar surface area (TPSA) is 74.4 Å². The maximum Gasteiger partial charge on any atom is 0.247 e. The van der Waals surface area contributed by atoms with Crippen molar-refractivity contribution in [3.8, 4) is 0 Å². The second-order valence-corrected chi connectivity index (χ2v) is 1.88. The van der Waals surface area contributed by atoms with Crippen LogP contribution in [0.15, 0.2) is 41.8 Å². The first-order valence-electron chi connectivity index (χ1n) is 3.32. The maximum absolute atomic E-state index is 10.2. The van der Waals surface area contributed by atoms with E-state index in [1.807, 2.05) is 0 Å². The largest absolute Gasteiger partial charge is 0.329 e. The second-order valence-electron chi connectivity index (χ2n) is 1.88. The van der Waals surface area contributed by atoms with Gasteiger partial charge in [0.1, 0.15) is 12.7 Å². The second kappa shape index (κ2) is 4.84. The van der Waals surface area contributed by atoms with E-state index in [9.17, 15) is 4.79 Å². The number of aromatic nitrogens is 4. The van der Waals surface area contributed by atoms with Crippen LogP contribution in [0.4, 0.5) is 0 Å². The third-order valence-corrected chi connectivity index (χ3v) is 1.01. The summed E-state index contributed by atoms with van der Waals surface area (Å²) >= 11 is 0. The van der Waals surface area contributed by atoms with Crippen LogP contribution in [0, 0.1) is 0 Å². The molecular formula is C7H8N4O. The molecule has 5 heteroatoms. The van der Waals surface area contributed by atoms with Crippen LogP contribution in [0.25, 0.3) is 0 Å². The Labute approximate surface area is 68.5 Å². The number of aromatic amines is 2. The summed E-state index contributed by atoms with van der Waals surface area (Å²) in [5.41, 5.74) is -0.0532. The minimum atomic E-state index is -0.0532. The van der Waals surface area contributed by atoms with Gasteiger partial charge in [-0.05, 0) is 6.07 Å². The zero-order chi connectivity index (χ0) is 8.65. The molecule has 0 unspecified atom stereocenters. The molecule has 0 aliphatic carbocycles. The molecule has 2 heterocycles. The molecule has 0 aliphatic rings. The highest BCUT2D eigenvalue weighted by Gasteiger charge is 1.69. The predicted molar refractivity (Wildman–Crippen MR) is 43.4 cm³/mol. The van der Waals surface area contributed by atoms with Gasteiger partial charge in [-0.1, -0.05) is 6.07 Å². The molecule has 0 fully saturated rings. The van der Waals surface area contributed by atoms with Gasteiger partial charge in [0, 0.05) is 12.3 Å². The predicted octanol–water partition coefficient (Wildman–Crippen LogP) is 0.180. The van der Waals surface area contributed by atoms with Gasteiger partial charge < -0.3 is 4.98 Å². The first kappa shape index (κ1) is 8.19. The number of hydrogen-bond donors (Lipinski definition) is 2. The Morgan fingerprint density at radius 1 is 1.33 bits per heavy atom. The standard InChI is InChI=1S/C5H5NO.C2H3N3/c7-5-3-1-2-4-6-5;1-3-2-5-4-1/h1-4H,(H,6,7);1-2H,(H,3,4,5). The Balaban J connectivity index is 0.000000127. The van der Waals surface area contributed by atoms with E-state index in [4.69, 9.17) is 0 Å². The molecule has 2 aromatic heterocycles. The third-order valence-electron chi connectivity index (χ3n) is 1.01. The molecule has 0 saturated heterocycles. The molecule has 2 aromatic rings. The van der Waals surface area contributed by atoms with Crippen molar-refractivity contribution in [1.29, 1.82) is 0 Å². The average molecular weight is 164 g/mol. The van der Waals surface area contributed by atoms with E-state index in [1.54, 1.807) is 18.3 Å². The van der Waals surface area contributed by atoms with Gasteiger partial charge in [0.15, 0.2) is 0 Å². The van der Waals surface area contributed by atoms with Gasteiger partial charge >= 0.3 is 0 Å². The molecule has 2 rings (SSSR count). The van der Waals surface area contributed by atoms with Gasteiger partial charge in [-0.15, -0.1) is 0 Å². The molecule has 0 aromatic carbocycles. The number of nitrogens with one attached hydrogen (secondary N) is 2. The fourth-order valence-electron chi connectivity index (χ4n) is 0.544. The molecule has 0 radical (unpaired) electrons. The van der Waals surface area contributed by atoms with Crippen molar-refractivity contribution in [3.05, 3.63) is 47.4 Å². The summed E-state index contributed by atoms with van der Waals surface area (Å²) in [5, 5.41) is 5.99. The number of H-pyrrole nitrogens is 2. The van der Waals surface area contributed by atoms with Crippen LogP contribution in [0.5, 0.6) is 0 Å². The Bertz CT molecular complexity index is 306. The Hall–Kier alpha value is -1.91. The molecule has 0 aliphatic heterocycles. The highest BCUT2D eigenvalue weighted by Crippen LogP contribution is 1.67. The van der Waals surface area contributed by atoms with Crippen LogP contribution in [0.3, 0.4) is 0 Å². The van der Waals surface area contributed by atoms with Crippen molar-refractivity contribution < 1.29 is 0 Å². The van der Waals surface area contributed by atoms with Crippen LogP contribution in [0.1, 0.15) is 0 Å². The van der Waals surface area contributed by atoms with Crippen LogP contribution in [-0.4, -0.2) is 20.2 Å². The Morgan fingerprint density at radius 2 is 2.25 bits per heavy atom. The SMILES string of the molecule is O=c1cccc[nH]1.c1nc[nH]n1. The smallest absolute Gasteiger partial charge is 0.247 e. The molecule has 0 atom stereocenters. The summed E-state index contributed by atoms with van der Waals surface area (Å²) in [6.45, 7) is 0. The fourth-order valence-corrected chi connectivity index (χ4v) is 0.544. The highest BCUT2D eigenvalue weighted by molar-refractivity contribution is 4.89. The Morgan fingerprint density at radius 3 is 2.50 bits per heavy atom. The summed E-state index contributed by atoms with van der Waals surface area (Å²) < 4.78 is 0. The number of nitrogens with zero attached hydrogens (tertiary/aromatic N) is 2. The van der Waals surface area contributed by atoms with E-state index >= 15 is 0 Å². The first-order valence-corrected chi connectivity index (χ1v) is 3.32. The van der Waals surface area contributed by atoms with Gasteiger partial charge in [0.2, 0.25) is 5.56 Å². The molecule has 0 saturated carbocycles. The van der Waals surface area contributed by atoms with Crippen LogP contribution in [0.2, 0.25) is 0 Å². The van der Waals surface area contributed by atoms with Gasteiger partial charge in [0.05, 0.1) is 0 Å². The fraction of sp³-hybridized carbons (Fsp3) is 0. The summed E-state index contributed by atoms with van der Waals surface area (Å²) in [4.78, 5) is 16.2. The van der Waals surface area contributed by atoms with Crippen molar-refractivity contribution in [2.24, 2.45) is 0 Å². The van der Waals surface area contributed by atoms with Crippen molar-refractivity contribution in [1.82, 2.24) is 20.2 Å². The van der Waals surface area contributed by atoms with Gasteiger partial charge in [0.25, 0.3) is 0 Å². The van der Waals surface area contributed by atoms with Gasteiger partial charge in [-0.3, -0.25) is 9.89 Å². The molecule has 12 heavy (non-hydrogen) atoms. The molecule has 5 nitrogen and oxygen atoms in total. The lowest BCUT2D eigenvalue weighted by molar-refractivity contribution is 1.09. The van der Waals surface area contributed by atoms with Gasteiger partial charge in [-0.2, -0.15) is 5.10 Å². The zero-order valence-corrected chi connectivity index (χ0v) is 6.27. The van der Waals surface area contributed by atoms with Crippen LogP contribution < -0.4 is 5.56 Å². The highest BCUT2D eigenvalue weighted by atomic mass is 16.1. The lowest BCUT2D eigenvalue weighted by Crippen LogP contribution is -1.98. The van der Waals surface area contributed by atoms with Crippen molar-refractivity contribution in [2.45, 2.75) is 0 Å². The van der Waals surface area contributed by atoms with Crippen LogP contribution in [-0.2, 0) is 0 Å². The van der Waals surface area contributed by atoms with E-state index in [0.29, 0.717) is 0 Å². The number of pyridine rings is 1. The zero-order valence-electron chi connectivity index (χ0n) is 6.27. The summed E-state index contributed by atoms with van der Waals surface area (Å²) in [6.07, 6.45) is 4.56.